The van der Waals surface area contributed by atoms with E-state index in [2.05, 4.69) is 0 Å². The number of hydrogen-bond acceptors (Lipinski definition) is 2. The summed E-state index contributed by atoms with van der Waals surface area (Å²) in [5.41, 5.74) is -0.420. The Bertz CT molecular complexity index is 687. The number of benzene rings is 1. The number of alkyl halides is 3. The van der Waals surface area contributed by atoms with Crippen molar-refractivity contribution in [1.29, 1.82) is 0 Å². The first-order chi connectivity index (χ1) is 9.86. The van der Waals surface area contributed by atoms with Crippen LogP contribution in [-0.2, 0) is 11.0 Å². The van der Waals surface area contributed by atoms with E-state index in [0.29, 0.717) is 23.5 Å². The van der Waals surface area contributed by atoms with E-state index in [1.54, 1.807) is 12.1 Å². The van der Waals surface area contributed by atoms with Crippen LogP contribution in [0.3, 0.4) is 0 Å². The van der Waals surface area contributed by atoms with Gasteiger partial charge in [-0.15, -0.1) is 0 Å². The summed E-state index contributed by atoms with van der Waals surface area (Å²) in [6.45, 7) is 0. The first kappa shape index (κ1) is 13.7. The van der Waals surface area contributed by atoms with Crippen LogP contribution in [-0.4, -0.2) is 11.1 Å². The van der Waals surface area contributed by atoms with Gasteiger partial charge in [-0.25, -0.2) is 0 Å². The van der Waals surface area contributed by atoms with E-state index < -0.39 is 23.6 Å². The van der Waals surface area contributed by atoms with Gasteiger partial charge >= 0.3 is 12.1 Å². The Balaban J connectivity index is 1.86. The molecule has 21 heavy (non-hydrogen) atoms. The monoisotopic (exact) mass is 296 g/mol. The van der Waals surface area contributed by atoms with Crippen LogP contribution >= 0.6 is 0 Å². The van der Waals surface area contributed by atoms with Gasteiger partial charge in [-0.2, -0.15) is 13.2 Å². The molecule has 0 spiro atoms. The molecule has 1 aromatic heterocycles. The summed E-state index contributed by atoms with van der Waals surface area (Å²) >= 11 is 0. The number of carboxylic acid groups (broad SMARTS) is 1. The second-order valence-electron chi connectivity index (χ2n) is 5.07. The van der Waals surface area contributed by atoms with E-state index in [1.165, 1.54) is 12.1 Å². The molecule has 1 aromatic carbocycles. The Morgan fingerprint density at radius 2 is 2.00 bits per heavy atom. The van der Waals surface area contributed by atoms with Gasteiger partial charge in [0.25, 0.3) is 0 Å². The van der Waals surface area contributed by atoms with Crippen LogP contribution in [0.25, 0.3) is 11.3 Å². The van der Waals surface area contributed by atoms with E-state index >= 15 is 0 Å². The van der Waals surface area contributed by atoms with E-state index in [1.807, 2.05) is 0 Å². The highest BCUT2D eigenvalue weighted by atomic mass is 19.4. The zero-order chi connectivity index (χ0) is 15.2. The molecule has 3 nitrogen and oxygen atoms in total. The summed E-state index contributed by atoms with van der Waals surface area (Å²) in [5, 5.41) is 8.87. The summed E-state index contributed by atoms with van der Waals surface area (Å²) in [7, 11) is 0. The van der Waals surface area contributed by atoms with Gasteiger partial charge in [0, 0.05) is 11.5 Å². The summed E-state index contributed by atoms with van der Waals surface area (Å²) in [6, 6.07) is 8.06. The van der Waals surface area contributed by atoms with Crippen molar-refractivity contribution in [2.24, 2.45) is 5.92 Å². The van der Waals surface area contributed by atoms with Crippen molar-refractivity contribution in [1.82, 2.24) is 0 Å². The summed E-state index contributed by atoms with van der Waals surface area (Å²) < 4.78 is 43.5. The average molecular weight is 296 g/mol. The second-order valence-corrected chi connectivity index (χ2v) is 5.07. The lowest BCUT2D eigenvalue weighted by molar-refractivity contribution is -0.139. The molecule has 0 amide bonds. The molecule has 1 heterocycles. The normalized spacial score (nSPS) is 21.3. The largest absolute Gasteiger partial charge is 0.481 e. The fourth-order valence-corrected chi connectivity index (χ4v) is 2.34. The number of hydrogen-bond donors (Lipinski definition) is 1. The third kappa shape index (κ3) is 2.66. The molecule has 0 unspecified atom stereocenters. The first-order valence-corrected chi connectivity index (χ1v) is 6.36. The number of aliphatic carboxylic acids is 1. The summed E-state index contributed by atoms with van der Waals surface area (Å²) in [6.07, 6.45) is -3.90. The van der Waals surface area contributed by atoms with Crippen LogP contribution in [0.1, 0.15) is 23.7 Å². The molecule has 1 aliphatic rings. The molecule has 3 rings (SSSR count). The van der Waals surface area contributed by atoms with Crippen molar-refractivity contribution in [3.05, 3.63) is 47.7 Å². The van der Waals surface area contributed by atoms with Gasteiger partial charge in [0.05, 0.1) is 11.5 Å². The van der Waals surface area contributed by atoms with Crippen molar-refractivity contribution in [2.75, 3.05) is 0 Å². The fourth-order valence-electron chi connectivity index (χ4n) is 2.34. The zero-order valence-electron chi connectivity index (χ0n) is 10.7. The maximum atomic E-state index is 12.7. The third-order valence-electron chi connectivity index (χ3n) is 3.57. The molecule has 1 fully saturated rings. The lowest BCUT2D eigenvalue weighted by Crippen LogP contribution is -2.04. The summed E-state index contributed by atoms with van der Waals surface area (Å²) in [5.74, 6) is -0.688. The van der Waals surface area contributed by atoms with Gasteiger partial charge in [0.15, 0.2) is 0 Å². The Morgan fingerprint density at radius 1 is 1.24 bits per heavy atom. The van der Waals surface area contributed by atoms with Crippen molar-refractivity contribution < 1.29 is 27.5 Å². The van der Waals surface area contributed by atoms with Gasteiger partial charge in [-0.3, -0.25) is 4.79 Å². The molecule has 0 radical (unpaired) electrons. The molecular weight excluding hydrogens is 285 g/mol. The molecule has 1 N–H and O–H groups in total. The Kier molecular flexibility index (Phi) is 3.04. The minimum absolute atomic E-state index is 0.179. The fraction of sp³-hybridized carbons (Fsp3) is 0.267. The predicted molar refractivity (Wildman–Crippen MR) is 67.6 cm³/mol. The van der Waals surface area contributed by atoms with E-state index in [4.69, 9.17) is 9.52 Å². The highest BCUT2D eigenvalue weighted by Crippen LogP contribution is 2.48. The molecule has 2 aromatic rings. The Hall–Kier alpha value is -2.24. The number of halogens is 3. The summed E-state index contributed by atoms with van der Waals surface area (Å²) in [4.78, 5) is 10.8. The molecule has 1 aliphatic carbocycles. The third-order valence-corrected chi connectivity index (χ3v) is 3.57. The maximum absolute atomic E-state index is 12.7. The molecule has 0 bridgehead atoms. The molecule has 0 saturated heterocycles. The average Bonchev–Trinajstić information content (AvgIpc) is 3.08. The standard InChI is InChI=1S/C15H11F3O3/c16-15(17,18)9-3-1-2-8(6-9)12-4-5-13(21-12)10-7-11(10)14(19)20/h1-6,10-11H,7H2,(H,19,20)/t10-,11+/m1/s1. The van der Waals surface area contributed by atoms with Crippen LogP contribution < -0.4 is 0 Å². The molecule has 6 heteroatoms. The topological polar surface area (TPSA) is 50.4 Å². The molecule has 2 atom stereocenters. The van der Waals surface area contributed by atoms with Crippen LogP contribution in [0.15, 0.2) is 40.8 Å². The number of furan rings is 1. The van der Waals surface area contributed by atoms with Crippen LogP contribution in [0.2, 0.25) is 0 Å². The quantitative estimate of drug-likeness (QED) is 0.925. The molecular formula is C15H11F3O3. The van der Waals surface area contributed by atoms with Crippen molar-refractivity contribution in [2.45, 2.75) is 18.5 Å². The molecule has 1 saturated carbocycles. The van der Waals surface area contributed by atoms with Crippen molar-refractivity contribution >= 4 is 5.97 Å². The van der Waals surface area contributed by atoms with E-state index in [9.17, 15) is 18.0 Å². The second kappa shape index (κ2) is 4.65. The first-order valence-electron chi connectivity index (χ1n) is 6.36. The van der Waals surface area contributed by atoms with Crippen LogP contribution in [0.5, 0.6) is 0 Å². The van der Waals surface area contributed by atoms with Crippen LogP contribution in [0.4, 0.5) is 13.2 Å². The SMILES string of the molecule is O=C(O)[C@H]1C[C@H]1c1ccc(-c2cccc(C(F)(F)F)c2)o1. The van der Waals surface area contributed by atoms with Gasteiger partial charge in [0.2, 0.25) is 0 Å². The lowest BCUT2D eigenvalue weighted by Gasteiger charge is -2.07. The van der Waals surface area contributed by atoms with Crippen molar-refractivity contribution in [3.8, 4) is 11.3 Å². The van der Waals surface area contributed by atoms with Gasteiger partial charge < -0.3 is 9.52 Å². The maximum Gasteiger partial charge on any atom is 0.416 e. The molecule has 110 valence electrons. The Labute approximate surface area is 118 Å². The number of carboxylic acids is 1. The Morgan fingerprint density at radius 3 is 2.62 bits per heavy atom. The lowest BCUT2D eigenvalue weighted by atomic mass is 10.1. The smallest absolute Gasteiger partial charge is 0.416 e. The number of carbonyl (C=O) groups is 1. The minimum atomic E-state index is -4.41. The zero-order valence-corrected chi connectivity index (χ0v) is 10.7. The predicted octanol–water partition coefficient (Wildman–Crippen LogP) is 4.15. The highest BCUT2D eigenvalue weighted by molar-refractivity contribution is 5.75. The number of rotatable bonds is 3. The minimum Gasteiger partial charge on any atom is -0.481 e. The van der Waals surface area contributed by atoms with Gasteiger partial charge in [-0.05, 0) is 30.7 Å². The highest BCUT2D eigenvalue weighted by Gasteiger charge is 2.46. The van der Waals surface area contributed by atoms with Gasteiger partial charge in [-0.1, -0.05) is 12.1 Å². The van der Waals surface area contributed by atoms with Gasteiger partial charge in [0.1, 0.15) is 11.5 Å². The van der Waals surface area contributed by atoms with Crippen molar-refractivity contribution in [3.63, 3.8) is 0 Å². The molecule has 0 aliphatic heterocycles. The van der Waals surface area contributed by atoms with Crippen LogP contribution in [0, 0.1) is 5.92 Å². The van der Waals surface area contributed by atoms with E-state index in [-0.39, 0.29) is 5.92 Å². The van der Waals surface area contributed by atoms with E-state index in [0.717, 1.165) is 12.1 Å².